The fourth-order valence-corrected chi connectivity index (χ4v) is 6.67. The Balaban J connectivity index is 1.43. The Bertz CT molecular complexity index is 2410. The van der Waals surface area contributed by atoms with Gasteiger partial charge in [0.15, 0.2) is 0 Å². The van der Waals surface area contributed by atoms with E-state index >= 15 is 0 Å². The van der Waals surface area contributed by atoms with Gasteiger partial charge in [-0.1, -0.05) is 107 Å². The van der Waals surface area contributed by atoms with E-state index in [2.05, 4.69) is 129 Å². The second-order valence-electron chi connectivity index (χ2n) is 13.6. The smallest absolute Gasteiger partial charge is 0.227 e. The highest BCUT2D eigenvalue weighted by Gasteiger charge is 2.29. The number of imidazole rings is 1. The van der Waals surface area contributed by atoms with E-state index in [1.54, 1.807) is 0 Å². The lowest BCUT2D eigenvalue weighted by atomic mass is 9.80. The van der Waals surface area contributed by atoms with E-state index in [0.717, 1.165) is 55.7 Å². The second-order valence-corrected chi connectivity index (χ2v) is 13.6. The maximum absolute atomic E-state index is 6.66. The van der Waals surface area contributed by atoms with E-state index in [-0.39, 0.29) is 11.3 Å². The number of aromatic nitrogens is 4. The van der Waals surface area contributed by atoms with Crippen LogP contribution in [-0.2, 0) is 5.41 Å². The fourth-order valence-electron chi connectivity index (χ4n) is 6.67. The number of rotatable bonds is 5. The Morgan fingerprint density at radius 2 is 1.45 bits per heavy atom. The van der Waals surface area contributed by atoms with Crippen molar-refractivity contribution in [3.05, 3.63) is 133 Å². The van der Waals surface area contributed by atoms with Crippen molar-refractivity contribution < 1.29 is 4.42 Å². The summed E-state index contributed by atoms with van der Waals surface area (Å²) < 4.78 is 8.98. The Labute approximate surface area is 274 Å². The summed E-state index contributed by atoms with van der Waals surface area (Å²) in [6.07, 6.45) is 3.74. The number of hydrogen-bond acceptors (Lipinski definition) is 4. The first kappa shape index (κ1) is 28.9. The molecular weight excluding hydrogens is 576 g/mol. The molecule has 0 saturated heterocycles. The van der Waals surface area contributed by atoms with Gasteiger partial charge in [0, 0.05) is 22.5 Å². The van der Waals surface area contributed by atoms with Crippen molar-refractivity contribution in [1.29, 1.82) is 0 Å². The predicted molar refractivity (Wildman–Crippen MR) is 193 cm³/mol. The molecule has 0 aliphatic carbocycles. The van der Waals surface area contributed by atoms with Crippen molar-refractivity contribution in [2.75, 3.05) is 0 Å². The number of fused-ring (bicyclic) bond motifs is 4. The van der Waals surface area contributed by atoms with Gasteiger partial charge >= 0.3 is 0 Å². The van der Waals surface area contributed by atoms with Crippen LogP contribution in [-0.4, -0.2) is 19.5 Å². The third-order valence-corrected chi connectivity index (χ3v) is 9.03. The van der Waals surface area contributed by atoms with Crippen molar-refractivity contribution in [3.8, 4) is 39.5 Å². The molecule has 0 aliphatic rings. The SMILES string of the molecule is CC(C)c1cc(-c2ccccc2)cc(C(C)(C)C)c1-n1c(-c2cccc3c2oc2nc(-c4ccccc4)ccc23)nc2ccncc21. The van der Waals surface area contributed by atoms with E-state index < -0.39 is 0 Å². The molecule has 4 aromatic carbocycles. The molecule has 0 fully saturated rings. The van der Waals surface area contributed by atoms with Gasteiger partial charge < -0.3 is 4.42 Å². The summed E-state index contributed by atoms with van der Waals surface area (Å²) in [6.45, 7) is 11.4. The van der Waals surface area contributed by atoms with E-state index in [1.807, 2.05) is 36.7 Å². The quantitative estimate of drug-likeness (QED) is 0.194. The maximum atomic E-state index is 6.66. The van der Waals surface area contributed by atoms with Gasteiger partial charge in [0.2, 0.25) is 5.71 Å². The van der Waals surface area contributed by atoms with Crippen LogP contribution in [0.3, 0.4) is 0 Å². The molecule has 5 nitrogen and oxygen atoms in total. The van der Waals surface area contributed by atoms with Gasteiger partial charge in [-0.2, -0.15) is 0 Å². The summed E-state index contributed by atoms with van der Waals surface area (Å²) in [5, 5.41) is 2.00. The summed E-state index contributed by atoms with van der Waals surface area (Å²) >= 11 is 0. The minimum Gasteiger partial charge on any atom is -0.437 e. The van der Waals surface area contributed by atoms with E-state index in [9.17, 15) is 0 Å². The van der Waals surface area contributed by atoms with Gasteiger partial charge in [0.25, 0.3) is 0 Å². The van der Waals surface area contributed by atoms with Crippen LogP contribution in [0.4, 0.5) is 0 Å². The lowest BCUT2D eigenvalue weighted by Crippen LogP contribution is -2.18. The normalized spacial score (nSPS) is 12.1. The van der Waals surface area contributed by atoms with Gasteiger partial charge in [-0.05, 0) is 70.0 Å². The molecule has 0 saturated carbocycles. The van der Waals surface area contributed by atoms with Crippen LogP contribution in [0.2, 0.25) is 0 Å². The molecule has 47 heavy (non-hydrogen) atoms. The minimum absolute atomic E-state index is 0.164. The van der Waals surface area contributed by atoms with Gasteiger partial charge in [-0.3, -0.25) is 9.55 Å². The molecule has 0 amide bonds. The summed E-state index contributed by atoms with van der Waals surface area (Å²) in [5.41, 5.74) is 12.0. The van der Waals surface area contributed by atoms with Crippen LogP contribution >= 0.6 is 0 Å². The summed E-state index contributed by atoms with van der Waals surface area (Å²) in [4.78, 5) is 14.8. The summed E-state index contributed by atoms with van der Waals surface area (Å²) in [5.74, 6) is 1.07. The van der Waals surface area contributed by atoms with Crippen molar-refractivity contribution in [3.63, 3.8) is 0 Å². The highest BCUT2D eigenvalue weighted by Crippen LogP contribution is 2.43. The fraction of sp³-hybridized carbons (Fsp3) is 0.167. The highest BCUT2D eigenvalue weighted by atomic mass is 16.3. The first-order valence-corrected chi connectivity index (χ1v) is 16.2. The lowest BCUT2D eigenvalue weighted by molar-refractivity contribution is 0.585. The number of benzene rings is 4. The third kappa shape index (κ3) is 4.90. The molecule has 0 unspecified atom stereocenters. The Morgan fingerprint density at radius 1 is 0.702 bits per heavy atom. The zero-order valence-electron chi connectivity index (χ0n) is 27.3. The molecule has 0 N–H and O–H groups in total. The maximum Gasteiger partial charge on any atom is 0.227 e. The molecule has 4 heterocycles. The molecule has 5 heteroatoms. The predicted octanol–water partition coefficient (Wildman–Crippen LogP) is 11.1. The van der Waals surface area contributed by atoms with Gasteiger partial charge in [-0.15, -0.1) is 0 Å². The molecule has 230 valence electrons. The lowest BCUT2D eigenvalue weighted by Gasteiger charge is -2.29. The molecule has 0 atom stereocenters. The van der Waals surface area contributed by atoms with Crippen molar-refractivity contribution in [2.24, 2.45) is 0 Å². The number of pyridine rings is 2. The average molecular weight is 613 g/mol. The van der Waals surface area contributed by atoms with Crippen molar-refractivity contribution in [2.45, 2.75) is 46.0 Å². The summed E-state index contributed by atoms with van der Waals surface area (Å²) in [6, 6.07) is 38.1. The third-order valence-electron chi connectivity index (χ3n) is 9.03. The zero-order chi connectivity index (χ0) is 32.3. The van der Waals surface area contributed by atoms with E-state index in [4.69, 9.17) is 14.4 Å². The van der Waals surface area contributed by atoms with E-state index in [0.29, 0.717) is 5.71 Å². The Hall–Kier alpha value is -5.55. The topological polar surface area (TPSA) is 56.7 Å². The zero-order valence-corrected chi connectivity index (χ0v) is 27.3. The Morgan fingerprint density at radius 3 is 2.17 bits per heavy atom. The minimum atomic E-state index is -0.164. The second kappa shape index (κ2) is 11.1. The molecule has 8 aromatic rings. The van der Waals surface area contributed by atoms with Gasteiger partial charge in [0.05, 0.1) is 34.2 Å². The van der Waals surface area contributed by atoms with Crippen LogP contribution in [0, 0.1) is 0 Å². The molecule has 8 rings (SSSR count). The number of para-hydroxylation sites is 1. The Kier molecular flexibility index (Phi) is 6.80. The number of furan rings is 1. The van der Waals surface area contributed by atoms with Gasteiger partial charge in [0.1, 0.15) is 11.4 Å². The largest absolute Gasteiger partial charge is 0.437 e. The van der Waals surface area contributed by atoms with Crippen molar-refractivity contribution >= 4 is 33.1 Å². The summed E-state index contributed by atoms with van der Waals surface area (Å²) in [7, 11) is 0. The van der Waals surface area contributed by atoms with Crippen LogP contribution in [0.1, 0.15) is 51.7 Å². The molecule has 0 bridgehead atoms. The van der Waals surface area contributed by atoms with Crippen LogP contribution in [0.5, 0.6) is 0 Å². The average Bonchev–Trinajstić information content (AvgIpc) is 3.66. The molecule has 4 aromatic heterocycles. The van der Waals surface area contributed by atoms with Crippen LogP contribution in [0.25, 0.3) is 72.6 Å². The van der Waals surface area contributed by atoms with Gasteiger partial charge in [-0.25, -0.2) is 9.97 Å². The molecule has 0 radical (unpaired) electrons. The highest BCUT2D eigenvalue weighted by molar-refractivity contribution is 6.09. The molecule has 0 spiro atoms. The first-order valence-electron chi connectivity index (χ1n) is 16.2. The number of nitrogens with zero attached hydrogens (tertiary/aromatic N) is 4. The number of hydrogen-bond donors (Lipinski definition) is 0. The van der Waals surface area contributed by atoms with E-state index in [1.165, 1.54) is 22.3 Å². The standard InChI is InChI=1S/C42H36N4O/c1-26(2)33-23-29(27-13-8-6-9-14-27)24-34(42(3,4)5)38(33)46-37-25-43-22-21-36(37)44-40(46)32-18-12-17-30-31-19-20-35(28-15-10-7-11-16-28)45-41(31)47-39(30)32/h6-26H,1-5H3. The monoisotopic (exact) mass is 612 g/mol. The van der Waals surface area contributed by atoms with Crippen molar-refractivity contribution in [1.82, 2.24) is 19.5 Å². The van der Waals surface area contributed by atoms with Crippen LogP contribution < -0.4 is 0 Å². The molecular formula is C42H36N4O. The van der Waals surface area contributed by atoms with Crippen LogP contribution in [0.15, 0.2) is 126 Å². The molecule has 0 aliphatic heterocycles. The first-order chi connectivity index (χ1) is 22.8.